The molecule has 0 aliphatic heterocycles. The number of hydrogen-bond donors (Lipinski definition) is 1. The Labute approximate surface area is 107 Å². The number of benzene rings is 1. The van der Waals surface area contributed by atoms with E-state index in [-0.39, 0.29) is 4.90 Å². The van der Waals surface area contributed by atoms with Crippen LogP contribution in [0.5, 0.6) is 0 Å². The van der Waals surface area contributed by atoms with Gasteiger partial charge in [0.05, 0.1) is 6.20 Å². The molecule has 1 heterocycles. The monoisotopic (exact) mass is 265 g/mol. The van der Waals surface area contributed by atoms with Crippen LogP contribution in [0.15, 0.2) is 41.6 Å². The number of hydrogen-bond acceptors (Lipinski definition) is 3. The smallest absolute Gasteiger partial charge is 0.265 e. The predicted octanol–water partition coefficient (Wildman–Crippen LogP) is 2.01. The standard InChI is InChI=1S/C12H15N3O2S/c1-3-15-9-12(8-13-15)18(16,17)14-11-6-4-10(2)5-7-11/h4-9,14H,3H2,1-2H3. The van der Waals surface area contributed by atoms with Crippen molar-refractivity contribution in [3.05, 3.63) is 42.2 Å². The maximum atomic E-state index is 12.1. The van der Waals surface area contributed by atoms with Crippen molar-refractivity contribution in [2.75, 3.05) is 4.72 Å². The zero-order chi connectivity index (χ0) is 13.2. The Bertz CT molecular complexity index is 630. The molecule has 0 aliphatic carbocycles. The lowest BCUT2D eigenvalue weighted by molar-refractivity contribution is 0.600. The van der Waals surface area contributed by atoms with E-state index in [0.717, 1.165) is 5.56 Å². The van der Waals surface area contributed by atoms with Gasteiger partial charge in [0, 0.05) is 18.4 Å². The summed E-state index contributed by atoms with van der Waals surface area (Å²) in [5.41, 5.74) is 1.63. The van der Waals surface area contributed by atoms with E-state index in [2.05, 4.69) is 9.82 Å². The quantitative estimate of drug-likeness (QED) is 0.919. The average Bonchev–Trinajstić information content (AvgIpc) is 2.81. The van der Waals surface area contributed by atoms with Crippen molar-refractivity contribution >= 4 is 15.7 Å². The molecule has 0 fully saturated rings. The fourth-order valence-corrected chi connectivity index (χ4v) is 2.50. The molecule has 0 bridgehead atoms. The zero-order valence-corrected chi connectivity index (χ0v) is 11.1. The summed E-state index contributed by atoms with van der Waals surface area (Å²) in [7, 11) is -3.55. The Morgan fingerprint density at radius 2 is 1.94 bits per heavy atom. The summed E-state index contributed by atoms with van der Waals surface area (Å²) in [4.78, 5) is 0.171. The lowest BCUT2D eigenvalue weighted by Gasteiger charge is -2.06. The van der Waals surface area contributed by atoms with E-state index in [0.29, 0.717) is 12.2 Å². The van der Waals surface area contributed by atoms with Gasteiger partial charge in [-0.1, -0.05) is 17.7 Å². The summed E-state index contributed by atoms with van der Waals surface area (Å²) in [6.07, 6.45) is 2.86. The molecule has 5 nitrogen and oxygen atoms in total. The first-order valence-corrected chi connectivity index (χ1v) is 7.11. The van der Waals surface area contributed by atoms with Crippen LogP contribution in [-0.2, 0) is 16.6 Å². The van der Waals surface area contributed by atoms with Gasteiger partial charge in [-0.25, -0.2) is 8.42 Å². The van der Waals surface area contributed by atoms with E-state index in [9.17, 15) is 8.42 Å². The fourth-order valence-electron chi connectivity index (χ4n) is 1.49. The summed E-state index contributed by atoms with van der Waals surface area (Å²) in [5.74, 6) is 0. The Morgan fingerprint density at radius 3 is 2.50 bits per heavy atom. The first kappa shape index (κ1) is 12.6. The molecule has 0 radical (unpaired) electrons. The van der Waals surface area contributed by atoms with Crippen LogP contribution >= 0.6 is 0 Å². The Balaban J connectivity index is 2.24. The second-order valence-corrected chi connectivity index (χ2v) is 5.69. The molecule has 1 aromatic carbocycles. The first-order valence-electron chi connectivity index (χ1n) is 5.63. The van der Waals surface area contributed by atoms with Gasteiger partial charge in [0.15, 0.2) is 0 Å². The largest absolute Gasteiger partial charge is 0.280 e. The van der Waals surface area contributed by atoms with Crippen molar-refractivity contribution < 1.29 is 8.42 Å². The van der Waals surface area contributed by atoms with Crippen molar-refractivity contribution in [1.29, 1.82) is 0 Å². The third-order valence-corrected chi connectivity index (χ3v) is 3.88. The summed E-state index contributed by atoms with van der Waals surface area (Å²) in [5, 5.41) is 3.95. The van der Waals surface area contributed by atoms with Crippen molar-refractivity contribution in [3.8, 4) is 0 Å². The molecule has 0 aliphatic rings. The normalized spacial score (nSPS) is 11.4. The molecule has 18 heavy (non-hydrogen) atoms. The second-order valence-electron chi connectivity index (χ2n) is 4.00. The molecule has 0 spiro atoms. The lowest BCUT2D eigenvalue weighted by atomic mass is 10.2. The number of anilines is 1. The second kappa shape index (κ2) is 4.81. The van der Waals surface area contributed by atoms with Gasteiger partial charge in [-0.05, 0) is 26.0 Å². The molecular weight excluding hydrogens is 250 g/mol. The number of aromatic nitrogens is 2. The molecule has 0 saturated carbocycles. The minimum absolute atomic E-state index is 0.171. The maximum Gasteiger partial charge on any atom is 0.265 e. The number of nitrogens with one attached hydrogen (secondary N) is 1. The van der Waals surface area contributed by atoms with Gasteiger partial charge in [0.2, 0.25) is 0 Å². The van der Waals surface area contributed by atoms with Crippen LogP contribution in [0.2, 0.25) is 0 Å². The van der Waals surface area contributed by atoms with Gasteiger partial charge >= 0.3 is 0 Å². The van der Waals surface area contributed by atoms with Gasteiger partial charge in [-0.3, -0.25) is 9.40 Å². The fraction of sp³-hybridized carbons (Fsp3) is 0.250. The number of sulfonamides is 1. The van der Waals surface area contributed by atoms with Gasteiger partial charge in [0.25, 0.3) is 10.0 Å². The molecule has 1 N–H and O–H groups in total. The van der Waals surface area contributed by atoms with Crippen molar-refractivity contribution in [2.24, 2.45) is 0 Å². The minimum atomic E-state index is -3.55. The van der Waals surface area contributed by atoms with Crippen LogP contribution in [0.3, 0.4) is 0 Å². The Kier molecular flexibility index (Phi) is 3.38. The maximum absolute atomic E-state index is 12.1. The highest BCUT2D eigenvalue weighted by Crippen LogP contribution is 2.15. The molecule has 0 saturated heterocycles. The van der Waals surface area contributed by atoms with Crippen molar-refractivity contribution in [3.63, 3.8) is 0 Å². The van der Waals surface area contributed by atoms with Crippen LogP contribution in [0, 0.1) is 6.92 Å². The number of rotatable bonds is 4. The van der Waals surface area contributed by atoms with E-state index < -0.39 is 10.0 Å². The van der Waals surface area contributed by atoms with Crippen LogP contribution in [0.4, 0.5) is 5.69 Å². The van der Waals surface area contributed by atoms with Crippen LogP contribution < -0.4 is 4.72 Å². The van der Waals surface area contributed by atoms with Gasteiger partial charge in [-0.15, -0.1) is 0 Å². The third-order valence-electron chi connectivity index (χ3n) is 2.55. The van der Waals surface area contributed by atoms with Crippen LogP contribution in [-0.4, -0.2) is 18.2 Å². The molecule has 0 unspecified atom stereocenters. The predicted molar refractivity (Wildman–Crippen MR) is 69.9 cm³/mol. The van der Waals surface area contributed by atoms with E-state index in [1.165, 1.54) is 12.4 Å². The molecule has 2 rings (SSSR count). The lowest BCUT2D eigenvalue weighted by Crippen LogP contribution is -2.12. The molecule has 1 aromatic heterocycles. The summed E-state index contributed by atoms with van der Waals surface area (Å²) in [6, 6.07) is 7.18. The van der Waals surface area contributed by atoms with E-state index in [1.807, 2.05) is 26.0 Å². The van der Waals surface area contributed by atoms with Gasteiger partial charge < -0.3 is 0 Å². The molecule has 0 atom stereocenters. The highest BCUT2D eigenvalue weighted by molar-refractivity contribution is 7.92. The molecule has 2 aromatic rings. The van der Waals surface area contributed by atoms with Crippen LogP contribution in [0.1, 0.15) is 12.5 Å². The van der Waals surface area contributed by atoms with Gasteiger partial charge in [0.1, 0.15) is 4.90 Å². The summed E-state index contributed by atoms with van der Waals surface area (Å²) in [6.45, 7) is 4.49. The average molecular weight is 265 g/mol. The van der Waals surface area contributed by atoms with E-state index in [4.69, 9.17) is 0 Å². The number of nitrogens with zero attached hydrogens (tertiary/aromatic N) is 2. The summed E-state index contributed by atoms with van der Waals surface area (Å²) >= 11 is 0. The topological polar surface area (TPSA) is 64.0 Å². The first-order chi connectivity index (χ1) is 8.51. The molecule has 96 valence electrons. The minimum Gasteiger partial charge on any atom is -0.280 e. The highest BCUT2D eigenvalue weighted by Gasteiger charge is 2.16. The van der Waals surface area contributed by atoms with Gasteiger partial charge in [-0.2, -0.15) is 5.10 Å². The van der Waals surface area contributed by atoms with E-state index >= 15 is 0 Å². The summed E-state index contributed by atoms with van der Waals surface area (Å²) < 4.78 is 28.2. The third kappa shape index (κ3) is 2.70. The number of aryl methyl sites for hydroxylation is 2. The molecule has 6 heteroatoms. The molecule has 0 amide bonds. The van der Waals surface area contributed by atoms with Crippen molar-refractivity contribution in [1.82, 2.24) is 9.78 Å². The highest BCUT2D eigenvalue weighted by atomic mass is 32.2. The Morgan fingerprint density at radius 1 is 1.28 bits per heavy atom. The SMILES string of the molecule is CCn1cc(S(=O)(=O)Nc2ccc(C)cc2)cn1. The van der Waals surface area contributed by atoms with Crippen molar-refractivity contribution in [2.45, 2.75) is 25.3 Å². The van der Waals surface area contributed by atoms with Crippen LogP contribution in [0.25, 0.3) is 0 Å². The van der Waals surface area contributed by atoms with E-state index in [1.54, 1.807) is 16.8 Å². The zero-order valence-electron chi connectivity index (χ0n) is 10.3. The molecular formula is C12H15N3O2S. The Hall–Kier alpha value is -1.82.